The van der Waals surface area contributed by atoms with Crippen LogP contribution in [0.4, 0.5) is 5.82 Å². The van der Waals surface area contributed by atoms with Gasteiger partial charge in [-0.15, -0.1) is 0 Å². The fourth-order valence-corrected chi connectivity index (χ4v) is 2.74. The Morgan fingerprint density at radius 2 is 1.82 bits per heavy atom. The zero-order chi connectivity index (χ0) is 20.1. The second kappa shape index (κ2) is 8.56. The SMILES string of the molecule is CC(OC(=O)COc1ccc2ccccc2c1)C(=O)Nc1ccnn1C(C)C. The van der Waals surface area contributed by atoms with E-state index in [1.54, 1.807) is 23.0 Å². The molecule has 0 aliphatic heterocycles. The molecule has 1 atom stereocenters. The molecule has 0 spiro atoms. The van der Waals surface area contributed by atoms with E-state index >= 15 is 0 Å². The molecule has 1 heterocycles. The number of ether oxygens (including phenoxy) is 2. The molecule has 146 valence electrons. The third kappa shape index (κ3) is 4.68. The maximum absolute atomic E-state index is 12.3. The first-order chi connectivity index (χ1) is 13.4. The molecule has 0 radical (unpaired) electrons. The second-order valence-corrected chi connectivity index (χ2v) is 6.67. The van der Waals surface area contributed by atoms with Gasteiger partial charge < -0.3 is 14.8 Å². The van der Waals surface area contributed by atoms with Crippen LogP contribution in [0.1, 0.15) is 26.8 Å². The third-order valence-corrected chi connectivity index (χ3v) is 4.17. The highest BCUT2D eigenvalue weighted by Crippen LogP contribution is 2.20. The number of carbonyl (C=O) groups is 2. The summed E-state index contributed by atoms with van der Waals surface area (Å²) in [6, 6.07) is 15.2. The number of esters is 1. The van der Waals surface area contributed by atoms with E-state index in [9.17, 15) is 9.59 Å². The Balaban J connectivity index is 1.51. The van der Waals surface area contributed by atoms with Gasteiger partial charge in [-0.1, -0.05) is 30.3 Å². The van der Waals surface area contributed by atoms with E-state index in [1.807, 2.05) is 50.2 Å². The molecule has 1 aromatic heterocycles. The molecular weight excluding hydrogens is 358 g/mol. The summed E-state index contributed by atoms with van der Waals surface area (Å²) in [7, 11) is 0. The zero-order valence-electron chi connectivity index (χ0n) is 16.1. The number of amides is 1. The number of fused-ring (bicyclic) bond motifs is 1. The van der Waals surface area contributed by atoms with E-state index in [2.05, 4.69) is 10.4 Å². The van der Waals surface area contributed by atoms with Crippen molar-refractivity contribution < 1.29 is 19.1 Å². The third-order valence-electron chi connectivity index (χ3n) is 4.17. The van der Waals surface area contributed by atoms with Crippen LogP contribution in [0, 0.1) is 0 Å². The van der Waals surface area contributed by atoms with Crippen LogP contribution < -0.4 is 10.1 Å². The predicted molar refractivity (Wildman–Crippen MR) is 106 cm³/mol. The molecule has 0 aliphatic rings. The smallest absolute Gasteiger partial charge is 0.344 e. The molecular formula is C21H23N3O4. The maximum atomic E-state index is 12.3. The van der Waals surface area contributed by atoms with Crippen molar-refractivity contribution in [2.24, 2.45) is 0 Å². The molecule has 0 fully saturated rings. The van der Waals surface area contributed by atoms with Crippen LogP contribution in [0.3, 0.4) is 0 Å². The summed E-state index contributed by atoms with van der Waals surface area (Å²) in [6.07, 6.45) is 0.646. The highest BCUT2D eigenvalue weighted by Gasteiger charge is 2.20. The number of benzene rings is 2. The quantitative estimate of drug-likeness (QED) is 0.633. The summed E-state index contributed by atoms with van der Waals surface area (Å²) >= 11 is 0. The topological polar surface area (TPSA) is 82.4 Å². The van der Waals surface area contributed by atoms with Crippen LogP contribution in [0.25, 0.3) is 10.8 Å². The molecule has 0 saturated heterocycles. The van der Waals surface area contributed by atoms with Crippen molar-refractivity contribution in [2.75, 3.05) is 11.9 Å². The van der Waals surface area contributed by atoms with Gasteiger partial charge in [0.15, 0.2) is 12.7 Å². The number of hydrogen-bond acceptors (Lipinski definition) is 5. The number of rotatable bonds is 7. The Morgan fingerprint density at radius 1 is 1.07 bits per heavy atom. The average molecular weight is 381 g/mol. The zero-order valence-corrected chi connectivity index (χ0v) is 16.1. The minimum Gasteiger partial charge on any atom is -0.482 e. The van der Waals surface area contributed by atoms with Gasteiger partial charge >= 0.3 is 5.97 Å². The second-order valence-electron chi connectivity index (χ2n) is 6.67. The fraction of sp³-hybridized carbons (Fsp3) is 0.286. The van der Waals surface area contributed by atoms with E-state index in [0.29, 0.717) is 11.6 Å². The van der Waals surface area contributed by atoms with Crippen LogP contribution in [-0.4, -0.2) is 34.4 Å². The lowest BCUT2D eigenvalue weighted by Crippen LogP contribution is -2.32. The number of nitrogens with zero attached hydrogens (tertiary/aromatic N) is 2. The van der Waals surface area contributed by atoms with Crippen LogP contribution in [-0.2, 0) is 14.3 Å². The Morgan fingerprint density at radius 3 is 2.57 bits per heavy atom. The molecule has 3 aromatic rings. The summed E-state index contributed by atoms with van der Waals surface area (Å²) in [6.45, 7) is 5.14. The van der Waals surface area contributed by atoms with Gasteiger partial charge in [-0.25, -0.2) is 9.48 Å². The normalized spacial score (nSPS) is 12.0. The van der Waals surface area contributed by atoms with Crippen molar-refractivity contribution in [3.63, 3.8) is 0 Å². The van der Waals surface area contributed by atoms with Crippen molar-refractivity contribution >= 4 is 28.5 Å². The fourth-order valence-electron chi connectivity index (χ4n) is 2.74. The van der Waals surface area contributed by atoms with E-state index in [4.69, 9.17) is 9.47 Å². The molecule has 2 aromatic carbocycles. The standard InChI is InChI=1S/C21H23N3O4/c1-14(2)24-19(10-11-22-24)23-21(26)15(3)28-20(25)13-27-18-9-8-16-6-4-5-7-17(16)12-18/h4-12,14-15H,13H2,1-3H3,(H,23,26). The van der Waals surface area contributed by atoms with Crippen molar-refractivity contribution in [1.82, 2.24) is 9.78 Å². The number of aromatic nitrogens is 2. The molecule has 28 heavy (non-hydrogen) atoms. The van der Waals surface area contributed by atoms with E-state index in [-0.39, 0.29) is 12.6 Å². The first kappa shape index (κ1) is 19.4. The van der Waals surface area contributed by atoms with Crippen molar-refractivity contribution in [3.05, 3.63) is 54.7 Å². The van der Waals surface area contributed by atoms with E-state index in [0.717, 1.165) is 10.8 Å². The summed E-state index contributed by atoms with van der Waals surface area (Å²) in [5.41, 5.74) is 0. The Bertz CT molecular complexity index is 980. The summed E-state index contributed by atoms with van der Waals surface area (Å²) in [4.78, 5) is 24.3. The lowest BCUT2D eigenvalue weighted by molar-refractivity contribution is -0.155. The van der Waals surface area contributed by atoms with E-state index in [1.165, 1.54) is 6.92 Å². The van der Waals surface area contributed by atoms with Gasteiger partial charge in [0.25, 0.3) is 5.91 Å². The molecule has 1 N–H and O–H groups in total. The minimum atomic E-state index is -0.955. The molecule has 1 amide bonds. The first-order valence-electron chi connectivity index (χ1n) is 9.09. The molecule has 3 rings (SSSR count). The van der Waals surface area contributed by atoms with E-state index < -0.39 is 18.0 Å². The number of carbonyl (C=O) groups excluding carboxylic acids is 2. The molecule has 0 aliphatic carbocycles. The highest BCUT2D eigenvalue weighted by atomic mass is 16.6. The van der Waals surface area contributed by atoms with Gasteiger partial charge in [0.1, 0.15) is 11.6 Å². The largest absolute Gasteiger partial charge is 0.482 e. The summed E-state index contributed by atoms with van der Waals surface area (Å²) < 4.78 is 12.3. The Labute approximate surface area is 163 Å². The molecule has 1 unspecified atom stereocenters. The lowest BCUT2D eigenvalue weighted by atomic mass is 10.1. The van der Waals surface area contributed by atoms with Crippen LogP contribution in [0.15, 0.2) is 54.7 Å². The Kier molecular flexibility index (Phi) is 5.93. The summed E-state index contributed by atoms with van der Waals surface area (Å²) in [5, 5.41) is 8.97. The van der Waals surface area contributed by atoms with Gasteiger partial charge in [0.2, 0.25) is 0 Å². The van der Waals surface area contributed by atoms with Gasteiger partial charge in [0.05, 0.1) is 6.20 Å². The summed E-state index contributed by atoms with van der Waals surface area (Å²) in [5.74, 6) is 0.0681. The van der Waals surface area contributed by atoms with Crippen molar-refractivity contribution in [2.45, 2.75) is 32.9 Å². The monoisotopic (exact) mass is 381 g/mol. The predicted octanol–water partition coefficient (Wildman–Crippen LogP) is 3.57. The molecule has 0 saturated carbocycles. The van der Waals surface area contributed by atoms with Gasteiger partial charge in [-0.3, -0.25) is 4.79 Å². The van der Waals surface area contributed by atoms with Crippen molar-refractivity contribution in [1.29, 1.82) is 0 Å². The maximum Gasteiger partial charge on any atom is 0.344 e. The van der Waals surface area contributed by atoms with Crippen molar-refractivity contribution in [3.8, 4) is 5.75 Å². The lowest BCUT2D eigenvalue weighted by Gasteiger charge is -2.16. The van der Waals surface area contributed by atoms with Crippen LogP contribution >= 0.6 is 0 Å². The number of hydrogen-bond donors (Lipinski definition) is 1. The van der Waals surface area contributed by atoms with Gasteiger partial charge in [0, 0.05) is 12.1 Å². The number of anilines is 1. The molecule has 7 nitrogen and oxygen atoms in total. The minimum absolute atomic E-state index is 0.0958. The first-order valence-corrected chi connectivity index (χ1v) is 9.09. The molecule has 0 bridgehead atoms. The molecule has 7 heteroatoms. The highest BCUT2D eigenvalue weighted by molar-refractivity contribution is 5.94. The van der Waals surface area contributed by atoms with Gasteiger partial charge in [-0.2, -0.15) is 5.10 Å². The van der Waals surface area contributed by atoms with Crippen LogP contribution in [0.2, 0.25) is 0 Å². The number of nitrogens with one attached hydrogen (secondary N) is 1. The average Bonchev–Trinajstić information content (AvgIpc) is 3.14. The van der Waals surface area contributed by atoms with Gasteiger partial charge in [-0.05, 0) is 43.7 Å². The Hall–Kier alpha value is -3.35. The van der Waals surface area contributed by atoms with Crippen LogP contribution in [0.5, 0.6) is 5.75 Å².